The van der Waals surface area contributed by atoms with Gasteiger partial charge in [-0.1, -0.05) is 188 Å². The van der Waals surface area contributed by atoms with Gasteiger partial charge in [0.2, 0.25) is 0 Å². The molecule has 0 saturated carbocycles. The molecule has 11 aromatic carbocycles. The van der Waals surface area contributed by atoms with Crippen molar-refractivity contribution >= 4 is 64.9 Å². The molecule has 3 nitrogen and oxygen atoms in total. The molecule has 0 amide bonds. The van der Waals surface area contributed by atoms with Crippen molar-refractivity contribution in [3.05, 3.63) is 237 Å². The Hall–Kier alpha value is -8.66. The lowest BCUT2D eigenvalue weighted by molar-refractivity contribution is 1.16. The molecule has 0 aliphatic carbocycles. The van der Waals surface area contributed by atoms with Crippen LogP contribution in [0.3, 0.4) is 0 Å². The van der Waals surface area contributed by atoms with Gasteiger partial charge in [-0.25, -0.2) is 9.97 Å². The molecule has 2 aromatic heterocycles. The summed E-state index contributed by atoms with van der Waals surface area (Å²) in [5.74, 6) is 0.664. The molecule has 0 unspecified atom stereocenters. The van der Waals surface area contributed by atoms with Crippen LogP contribution in [0.15, 0.2) is 237 Å². The summed E-state index contributed by atoms with van der Waals surface area (Å²) in [6.45, 7) is 0. The first-order chi connectivity index (χ1) is 32.2. The molecule has 0 saturated heterocycles. The maximum atomic E-state index is 5.58. The van der Waals surface area contributed by atoms with E-state index >= 15 is 0 Å². The van der Waals surface area contributed by atoms with E-state index in [2.05, 4.69) is 241 Å². The molecule has 0 atom stereocenters. The van der Waals surface area contributed by atoms with Crippen molar-refractivity contribution in [1.82, 2.24) is 14.5 Å². The van der Waals surface area contributed by atoms with Crippen LogP contribution in [-0.2, 0) is 0 Å². The van der Waals surface area contributed by atoms with Gasteiger partial charge in [-0.05, 0) is 114 Å². The van der Waals surface area contributed by atoms with Crippen molar-refractivity contribution in [2.24, 2.45) is 0 Å². The molecule has 0 aliphatic rings. The Bertz CT molecular complexity index is 4000. The average molecular weight is 826 g/mol. The van der Waals surface area contributed by atoms with Crippen LogP contribution in [-0.4, -0.2) is 14.5 Å². The molecule has 65 heavy (non-hydrogen) atoms. The molecule has 0 bridgehead atoms. The standard InChI is InChI=1S/C62H39N3/c1-3-17-40(18-4-1)42-31-32-55-54-29-15-16-30-60(54)65(61(55)38-42)47-34-45(56-36-43-21-7-9-23-48(43)50-25-11-13-27-52(50)56)33-46(35-47)62-63-58(41-19-5-2-6-20-41)39-59(64-62)57-37-44-22-8-10-24-49(44)51-26-12-14-28-53(51)57/h1-39H. The van der Waals surface area contributed by atoms with Gasteiger partial charge in [0.15, 0.2) is 5.82 Å². The van der Waals surface area contributed by atoms with E-state index in [-0.39, 0.29) is 0 Å². The van der Waals surface area contributed by atoms with Crippen molar-refractivity contribution in [3.63, 3.8) is 0 Å². The third kappa shape index (κ3) is 6.20. The highest BCUT2D eigenvalue weighted by atomic mass is 15.0. The van der Waals surface area contributed by atoms with Crippen LogP contribution in [0.2, 0.25) is 0 Å². The van der Waals surface area contributed by atoms with E-state index in [1.165, 1.54) is 59.6 Å². The van der Waals surface area contributed by atoms with Gasteiger partial charge in [0.1, 0.15) is 0 Å². The summed E-state index contributed by atoms with van der Waals surface area (Å²) >= 11 is 0. The number of nitrogens with zero attached hydrogens (tertiary/aromatic N) is 3. The van der Waals surface area contributed by atoms with Gasteiger partial charge in [0.25, 0.3) is 0 Å². The summed E-state index contributed by atoms with van der Waals surface area (Å²) in [6, 6.07) is 85.4. The third-order valence-electron chi connectivity index (χ3n) is 13.1. The van der Waals surface area contributed by atoms with Crippen LogP contribution < -0.4 is 0 Å². The SMILES string of the molecule is c1ccc(-c2ccc3c4ccccc4n(-c4cc(-c5nc(-c6ccccc6)cc(-c6cc7ccccc7c7ccccc67)n5)cc(-c5cc6ccccc6c6ccccc56)c4)c3c2)cc1. The quantitative estimate of drug-likeness (QED) is 0.156. The molecule has 13 aromatic rings. The van der Waals surface area contributed by atoms with Gasteiger partial charge >= 0.3 is 0 Å². The Kier molecular flexibility index (Phi) is 8.53. The summed E-state index contributed by atoms with van der Waals surface area (Å²) in [4.78, 5) is 11.1. The fraction of sp³-hybridized carbons (Fsp3) is 0. The van der Waals surface area contributed by atoms with Gasteiger partial charge in [-0.2, -0.15) is 0 Å². The predicted octanol–water partition coefficient (Wildman–Crippen LogP) is 16.5. The minimum absolute atomic E-state index is 0.664. The Morgan fingerprint density at radius 3 is 1.46 bits per heavy atom. The second-order valence-corrected chi connectivity index (χ2v) is 16.9. The Morgan fingerprint density at radius 2 is 0.769 bits per heavy atom. The maximum Gasteiger partial charge on any atom is 0.160 e. The monoisotopic (exact) mass is 825 g/mol. The molecule has 0 aliphatic heterocycles. The lowest BCUT2D eigenvalue weighted by Gasteiger charge is -2.17. The predicted molar refractivity (Wildman–Crippen MR) is 274 cm³/mol. The van der Waals surface area contributed by atoms with E-state index in [0.717, 1.165) is 61.3 Å². The van der Waals surface area contributed by atoms with Crippen LogP contribution in [0.1, 0.15) is 0 Å². The molecule has 0 fully saturated rings. The van der Waals surface area contributed by atoms with Gasteiger partial charge in [0, 0.05) is 33.2 Å². The van der Waals surface area contributed by atoms with E-state index in [1.54, 1.807) is 0 Å². The van der Waals surface area contributed by atoms with Gasteiger partial charge in [0.05, 0.1) is 22.4 Å². The highest BCUT2D eigenvalue weighted by Crippen LogP contribution is 2.42. The fourth-order valence-electron chi connectivity index (χ4n) is 10.1. The minimum Gasteiger partial charge on any atom is -0.309 e. The molecule has 13 rings (SSSR count). The smallest absolute Gasteiger partial charge is 0.160 e. The summed E-state index contributed by atoms with van der Waals surface area (Å²) < 4.78 is 2.44. The van der Waals surface area contributed by atoms with Gasteiger partial charge in [-0.15, -0.1) is 0 Å². The second kappa shape index (κ2) is 15.0. The van der Waals surface area contributed by atoms with E-state index < -0.39 is 0 Å². The summed E-state index contributed by atoms with van der Waals surface area (Å²) in [7, 11) is 0. The average Bonchev–Trinajstić information content (AvgIpc) is 3.72. The number of rotatable bonds is 6. The zero-order valence-corrected chi connectivity index (χ0v) is 35.4. The van der Waals surface area contributed by atoms with Crippen LogP contribution in [0.5, 0.6) is 0 Å². The topological polar surface area (TPSA) is 30.7 Å². The minimum atomic E-state index is 0.664. The summed E-state index contributed by atoms with van der Waals surface area (Å²) in [5, 5.41) is 12.0. The number of hydrogen-bond acceptors (Lipinski definition) is 2. The van der Waals surface area contributed by atoms with Crippen molar-refractivity contribution in [2.75, 3.05) is 0 Å². The van der Waals surface area contributed by atoms with E-state index in [1.807, 2.05) is 0 Å². The molecular weight excluding hydrogens is 787 g/mol. The van der Waals surface area contributed by atoms with Gasteiger partial charge in [-0.3, -0.25) is 0 Å². The zero-order valence-electron chi connectivity index (χ0n) is 35.4. The summed E-state index contributed by atoms with van der Waals surface area (Å²) in [6.07, 6.45) is 0. The first-order valence-electron chi connectivity index (χ1n) is 22.2. The Labute approximate surface area is 376 Å². The van der Waals surface area contributed by atoms with Crippen molar-refractivity contribution in [3.8, 4) is 61.8 Å². The van der Waals surface area contributed by atoms with Crippen LogP contribution >= 0.6 is 0 Å². The molecule has 3 heteroatoms. The normalized spacial score (nSPS) is 11.7. The molecule has 2 heterocycles. The van der Waals surface area contributed by atoms with Crippen molar-refractivity contribution in [1.29, 1.82) is 0 Å². The third-order valence-corrected chi connectivity index (χ3v) is 13.1. The number of fused-ring (bicyclic) bond motifs is 9. The lowest BCUT2D eigenvalue weighted by atomic mass is 9.92. The van der Waals surface area contributed by atoms with Crippen LogP contribution in [0, 0.1) is 0 Å². The highest BCUT2D eigenvalue weighted by molar-refractivity contribution is 6.15. The van der Waals surface area contributed by atoms with Crippen molar-refractivity contribution in [2.45, 2.75) is 0 Å². The van der Waals surface area contributed by atoms with Crippen LogP contribution in [0.25, 0.3) is 127 Å². The lowest BCUT2D eigenvalue weighted by Crippen LogP contribution is -2.00. The van der Waals surface area contributed by atoms with E-state index in [9.17, 15) is 0 Å². The number of aromatic nitrogens is 3. The van der Waals surface area contributed by atoms with E-state index in [4.69, 9.17) is 9.97 Å². The summed E-state index contributed by atoms with van der Waals surface area (Å²) in [5.41, 5.74) is 12.7. The first-order valence-corrected chi connectivity index (χ1v) is 22.2. The second-order valence-electron chi connectivity index (χ2n) is 16.9. The molecule has 0 N–H and O–H groups in total. The fourth-order valence-corrected chi connectivity index (χ4v) is 10.1. The highest BCUT2D eigenvalue weighted by Gasteiger charge is 2.20. The molecule has 302 valence electrons. The molecule has 0 radical (unpaired) electrons. The zero-order chi connectivity index (χ0) is 42.8. The Balaban J connectivity index is 1.13. The first kappa shape index (κ1) is 36.9. The number of para-hydroxylation sites is 1. The van der Waals surface area contributed by atoms with Crippen molar-refractivity contribution < 1.29 is 0 Å². The molecule has 0 spiro atoms. The van der Waals surface area contributed by atoms with Crippen LogP contribution in [0.4, 0.5) is 0 Å². The molecular formula is C62H39N3. The maximum absolute atomic E-state index is 5.58. The Morgan fingerprint density at radius 1 is 0.262 bits per heavy atom. The van der Waals surface area contributed by atoms with E-state index in [0.29, 0.717) is 5.82 Å². The number of benzene rings is 11. The number of hydrogen-bond donors (Lipinski definition) is 0. The van der Waals surface area contributed by atoms with Gasteiger partial charge < -0.3 is 4.57 Å². The largest absolute Gasteiger partial charge is 0.309 e.